The Labute approximate surface area is 79.2 Å². The molecular formula is C9H18N2O2. The zero-order chi connectivity index (χ0) is 10.3. The minimum Gasteiger partial charge on any atom is -0.287 e. The van der Waals surface area contributed by atoms with Crippen molar-refractivity contribution in [2.75, 3.05) is 6.54 Å². The fourth-order valence-electron chi connectivity index (χ4n) is 1.21. The molecule has 1 atom stereocenters. The van der Waals surface area contributed by atoms with Gasteiger partial charge in [-0.2, -0.15) is 0 Å². The topological polar surface area (TPSA) is 55.5 Å². The normalized spacial score (nSPS) is 14.2. The van der Waals surface area contributed by atoms with E-state index in [2.05, 4.69) is 4.99 Å². The summed E-state index contributed by atoms with van der Waals surface area (Å²) in [5, 5.41) is 10.6. The third-order valence-electron chi connectivity index (χ3n) is 1.93. The Bertz CT molecular complexity index is 190. The lowest BCUT2D eigenvalue weighted by Gasteiger charge is -2.08. The van der Waals surface area contributed by atoms with E-state index in [0.717, 1.165) is 12.1 Å². The van der Waals surface area contributed by atoms with Gasteiger partial charge in [0.05, 0.1) is 5.71 Å². The van der Waals surface area contributed by atoms with Crippen LogP contribution in [0.3, 0.4) is 0 Å². The lowest BCUT2D eigenvalue weighted by atomic mass is 10.1. The summed E-state index contributed by atoms with van der Waals surface area (Å²) in [4.78, 5) is 14.6. The first-order valence-electron chi connectivity index (χ1n) is 4.83. The first kappa shape index (κ1) is 12.1. The summed E-state index contributed by atoms with van der Waals surface area (Å²) >= 11 is 0. The molecule has 0 heterocycles. The monoisotopic (exact) mass is 186 g/mol. The predicted molar refractivity (Wildman–Crippen MR) is 54.0 cm³/mol. The summed E-state index contributed by atoms with van der Waals surface area (Å²) in [6.45, 7) is 6.46. The fraction of sp³-hybridized carbons (Fsp3) is 0.889. The molecule has 0 aromatic rings. The Morgan fingerprint density at radius 1 is 1.46 bits per heavy atom. The van der Waals surface area contributed by atoms with Gasteiger partial charge in [0.1, 0.15) is 0 Å². The van der Waals surface area contributed by atoms with Crippen molar-refractivity contribution in [1.82, 2.24) is 0 Å². The first-order valence-corrected chi connectivity index (χ1v) is 4.83. The van der Waals surface area contributed by atoms with Gasteiger partial charge in [-0.25, -0.2) is 0 Å². The second-order valence-corrected chi connectivity index (χ2v) is 2.94. The summed E-state index contributed by atoms with van der Waals surface area (Å²) in [6, 6.07) is -0.573. The van der Waals surface area contributed by atoms with Gasteiger partial charge in [0, 0.05) is 17.9 Å². The van der Waals surface area contributed by atoms with Gasteiger partial charge in [-0.05, 0) is 12.8 Å². The number of nitrogens with zero attached hydrogens (tertiary/aromatic N) is 2. The van der Waals surface area contributed by atoms with Crippen LogP contribution in [0.2, 0.25) is 0 Å². The van der Waals surface area contributed by atoms with Crippen molar-refractivity contribution in [3.05, 3.63) is 10.1 Å². The molecule has 0 N–H and O–H groups in total. The minimum atomic E-state index is -0.573. The molecule has 0 aromatic carbocycles. The number of nitro groups is 1. The number of hydrogen-bond donors (Lipinski definition) is 0. The molecule has 0 spiro atoms. The van der Waals surface area contributed by atoms with E-state index >= 15 is 0 Å². The largest absolute Gasteiger partial charge is 0.287 e. The average Bonchev–Trinajstić information content (AvgIpc) is 2.11. The highest BCUT2D eigenvalue weighted by atomic mass is 16.6. The number of aliphatic imine (C=N–C) groups is 1. The van der Waals surface area contributed by atoms with E-state index in [4.69, 9.17) is 0 Å². The van der Waals surface area contributed by atoms with Gasteiger partial charge in [-0.1, -0.05) is 20.8 Å². The van der Waals surface area contributed by atoms with Crippen molar-refractivity contribution in [2.45, 2.75) is 46.1 Å². The Morgan fingerprint density at radius 3 is 2.38 bits per heavy atom. The molecule has 0 bridgehead atoms. The quantitative estimate of drug-likeness (QED) is 0.363. The van der Waals surface area contributed by atoms with Gasteiger partial charge >= 0.3 is 0 Å². The van der Waals surface area contributed by atoms with Gasteiger partial charge in [0.15, 0.2) is 0 Å². The summed E-state index contributed by atoms with van der Waals surface area (Å²) in [5.74, 6) is 0. The minimum absolute atomic E-state index is 0.238. The maximum Gasteiger partial charge on any atom is 0.250 e. The fourth-order valence-corrected chi connectivity index (χ4v) is 1.21. The van der Waals surface area contributed by atoms with Gasteiger partial charge in [0.25, 0.3) is 0 Å². The molecule has 0 saturated carbocycles. The van der Waals surface area contributed by atoms with E-state index in [1.54, 1.807) is 0 Å². The van der Waals surface area contributed by atoms with Crippen LogP contribution in [-0.2, 0) is 0 Å². The molecule has 0 rings (SSSR count). The summed E-state index contributed by atoms with van der Waals surface area (Å²) < 4.78 is 0. The zero-order valence-corrected chi connectivity index (χ0v) is 8.62. The summed E-state index contributed by atoms with van der Waals surface area (Å²) in [5.41, 5.74) is 0.731. The second-order valence-electron chi connectivity index (χ2n) is 2.94. The lowest BCUT2D eigenvalue weighted by molar-refractivity contribution is -0.503. The molecule has 76 valence electrons. The van der Waals surface area contributed by atoms with E-state index in [1.165, 1.54) is 0 Å². The maximum absolute atomic E-state index is 10.6. The predicted octanol–water partition coefficient (Wildman–Crippen LogP) is 2.30. The van der Waals surface area contributed by atoms with Crippen molar-refractivity contribution in [3.63, 3.8) is 0 Å². The Hall–Kier alpha value is -0.930. The van der Waals surface area contributed by atoms with Crippen molar-refractivity contribution < 1.29 is 4.92 Å². The zero-order valence-electron chi connectivity index (χ0n) is 8.62. The Morgan fingerprint density at radius 2 is 2.08 bits per heavy atom. The molecule has 0 saturated heterocycles. The van der Waals surface area contributed by atoms with E-state index in [0.29, 0.717) is 19.4 Å². The van der Waals surface area contributed by atoms with Crippen LogP contribution < -0.4 is 0 Å². The van der Waals surface area contributed by atoms with Gasteiger partial charge < -0.3 is 0 Å². The molecule has 1 unspecified atom stereocenters. The first-order chi connectivity index (χ1) is 6.17. The van der Waals surface area contributed by atoms with Crippen LogP contribution in [0, 0.1) is 10.1 Å². The Kier molecular flexibility index (Phi) is 6.10. The van der Waals surface area contributed by atoms with E-state index in [-0.39, 0.29) is 4.92 Å². The highest BCUT2D eigenvalue weighted by Crippen LogP contribution is 2.04. The third kappa shape index (κ3) is 4.01. The lowest BCUT2D eigenvalue weighted by Crippen LogP contribution is -2.28. The van der Waals surface area contributed by atoms with Crippen molar-refractivity contribution in [3.8, 4) is 0 Å². The van der Waals surface area contributed by atoms with E-state index in [1.807, 2.05) is 20.8 Å². The van der Waals surface area contributed by atoms with Crippen LogP contribution in [-0.4, -0.2) is 23.2 Å². The molecule has 4 heteroatoms. The number of rotatable bonds is 6. The molecule has 0 aliphatic rings. The van der Waals surface area contributed by atoms with Crippen LogP contribution in [0.5, 0.6) is 0 Å². The molecule has 4 nitrogen and oxygen atoms in total. The highest BCUT2D eigenvalue weighted by Gasteiger charge is 2.22. The average molecular weight is 186 g/mol. The van der Waals surface area contributed by atoms with E-state index in [9.17, 15) is 10.1 Å². The molecule has 0 aliphatic heterocycles. The Balaban J connectivity index is 4.42. The molecule has 0 amide bonds. The summed E-state index contributed by atoms with van der Waals surface area (Å²) in [7, 11) is 0. The van der Waals surface area contributed by atoms with Crippen LogP contribution in [0.4, 0.5) is 0 Å². The second kappa shape index (κ2) is 6.57. The maximum atomic E-state index is 10.6. The van der Waals surface area contributed by atoms with Crippen molar-refractivity contribution in [1.29, 1.82) is 0 Å². The molecule has 13 heavy (non-hydrogen) atoms. The smallest absolute Gasteiger partial charge is 0.250 e. The van der Waals surface area contributed by atoms with Crippen LogP contribution in [0.25, 0.3) is 0 Å². The van der Waals surface area contributed by atoms with Crippen LogP contribution in [0.15, 0.2) is 4.99 Å². The van der Waals surface area contributed by atoms with Gasteiger partial charge in [0.2, 0.25) is 6.04 Å². The third-order valence-corrected chi connectivity index (χ3v) is 1.93. The number of hydrogen-bond acceptors (Lipinski definition) is 3. The van der Waals surface area contributed by atoms with Crippen molar-refractivity contribution >= 4 is 5.71 Å². The van der Waals surface area contributed by atoms with Crippen LogP contribution >= 0.6 is 0 Å². The van der Waals surface area contributed by atoms with Gasteiger partial charge in [-0.15, -0.1) is 0 Å². The standard InChI is InChI=1S/C9H18N2O2/c1-4-7-10-8(5-2)9(6-3)11(12)13/h9H,4-7H2,1-3H3. The summed E-state index contributed by atoms with van der Waals surface area (Å²) in [6.07, 6.45) is 2.15. The molecule has 0 aromatic heterocycles. The molecule has 0 aliphatic carbocycles. The molecule has 0 radical (unpaired) electrons. The van der Waals surface area contributed by atoms with Crippen molar-refractivity contribution in [2.24, 2.45) is 4.99 Å². The molecule has 0 fully saturated rings. The SMILES string of the molecule is CCCN=C(CC)C(CC)[N+](=O)[O-]. The van der Waals surface area contributed by atoms with Gasteiger partial charge in [-0.3, -0.25) is 15.1 Å². The van der Waals surface area contributed by atoms with E-state index < -0.39 is 6.04 Å². The van der Waals surface area contributed by atoms with Crippen LogP contribution in [0.1, 0.15) is 40.0 Å². The highest BCUT2D eigenvalue weighted by molar-refractivity contribution is 5.88. The molecular weight excluding hydrogens is 168 g/mol.